The number of amides is 2. The van der Waals surface area contributed by atoms with Gasteiger partial charge >= 0.3 is 0 Å². The molecule has 164 valence electrons. The molecule has 2 aliphatic heterocycles. The van der Waals surface area contributed by atoms with E-state index in [4.69, 9.17) is 0 Å². The van der Waals surface area contributed by atoms with Gasteiger partial charge < -0.3 is 15.5 Å². The first-order valence-electron chi connectivity index (χ1n) is 11.2. The maximum absolute atomic E-state index is 13.4. The second-order valence-corrected chi connectivity index (χ2v) is 9.42. The predicted molar refractivity (Wildman–Crippen MR) is 113 cm³/mol. The zero-order valence-corrected chi connectivity index (χ0v) is 18.0. The van der Waals surface area contributed by atoms with Crippen molar-refractivity contribution in [2.45, 2.75) is 70.1 Å². The molecule has 31 heavy (non-hydrogen) atoms. The van der Waals surface area contributed by atoms with Gasteiger partial charge in [0, 0.05) is 29.6 Å². The van der Waals surface area contributed by atoms with Crippen LogP contribution in [0.1, 0.15) is 54.4 Å². The molecule has 8 nitrogen and oxygen atoms in total. The molecule has 5 rings (SSSR count). The minimum Gasteiger partial charge on any atom is -0.341 e. The Kier molecular flexibility index (Phi) is 5.04. The summed E-state index contributed by atoms with van der Waals surface area (Å²) in [5.41, 5.74) is 1.90. The number of aryl methyl sites for hydroxylation is 1. The van der Waals surface area contributed by atoms with Crippen molar-refractivity contribution in [3.8, 4) is 0 Å². The largest absolute Gasteiger partial charge is 0.341 e. The van der Waals surface area contributed by atoms with E-state index in [0.717, 1.165) is 32.1 Å². The summed E-state index contributed by atoms with van der Waals surface area (Å²) in [5.74, 6) is -0.454. The number of piperidine rings is 1. The molecule has 1 aromatic heterocycles. The number of aromatic nitrogens is 2. The summed E-state index contributed by atoms with van der Waals surface area (Å²) >= 11 is 0. The minimum atomic E-state index is -0.430. The van der Waals surface area contributed by atoms with E-state index in [9.17, 15) is 9.59 Å². The predicted octanol–water partition coefficient (Wildman–Crippen LogP) is 1.85. The van der Waals surface area contributed by atoms with Gasteiger partial charge in [0.25, 0.3) is 5.91 Å². The first kappa shape index (κ1) is 20.2. The van der Waals surface area contributed by atoms with E-state index < -0.39 is 5.91 Å². The van der Waals surface area contributed by atoms with Gasteiger partial charge in [0.2, 0.25) is 5.91 Å². The van der Waals surface area contributed by atoms with Gasteiger partial charge in [-0.3, -0.25) is 9.59 Å². The normalized spacial score (nSPS) is 31.5. The van der Waals surface area contributed by atoms with Gasteiger partial charge in [-0.1, -0.05) is 42.4 Å². The second-order valence-electron chi connectivity index (χ2n) is 9.42. The smallest absolute Gasteiger partial charge is 0.275 e. The molecule has 3 heterocycles. The summed E-state index contributed by atoms with van der Waals surface area (Å²) in [6, 6.07) is 11.4. The third kappa shape index (κ3) is 3.43. The first-order chi connectivity index (χ1) is 15.0. The monoisotopic (exact) mass is 423 g/mol. The standard InChI is InChI=1S/C23H29N5O3/c1-14-21(27-31-26-14)22(30)24-13-20(29)28-17-12-23(2)18(9-6-10-19(23)28)25-16(17)11-15-7-4-3-5-8-15/h3-5,7-8,16-19,25H,6,9-13H2,1-2H3,(H,24,30)/t16-,17+,18-,19+,23-/m1/s1. The quantitative estimate of drug-likeness (QED) is 0.761. The highest BCUT2D eigenvalue weighted by molar-refractivity contribution is 5.95. The van der Waals surface area contributed by atoms with Crippen LogP contribution in [0, 0.1) is 12.3 Å². The molecule has 1 saturated carbocycles. The van der Waals surface area contributed by atoms with Crippen molar-refractivity contribution in [1.29, 1.82) is 0 Å². The van der Waals surface area contributed by atoms with Gasteiger partial charge in [-0.25, -0.2) is 4.63 Å². The van der Waals surface area contributed by atoms with Crippen LogP contribution in [0.5, 0.6) is 0 Å². The Balaban J connectivity index is 1.35. The number of carbonyl (C=O) groups is 2. The van der Waals surface area contributed by atoms with Crippen molar-refractivity contribution in [3.05, 3.63) is 47.3 Å². The lowest BCUT2D eigenvalue weighted by molar-refractivity contribution is -0.134. The van der Waals surface area contributed by atoms with Crippen LogP contribution < -0.4 is 10.6 Å². The zero-order chi connectivity index (χ0) is 21.6. The Morgan fingerprint density at radius 1 is 1.26 bits per heavy atom. The van der Waals surface area contributed by atoms with Gasteiger partial charge in [-0.05, 0) is 49.7 Å². The third-order valence-electron chi connectivity index (χ3n) is 7.60. The molecule has 2 amide bonds. The number of likely N-dealkylation sites (tertiary alicyclic amines) is 1. The number of fused-ring (bicyclic) bond motifs is 1. The molecule has 3 aliphatic rings. The average Bonchev–Trinajstić information content (AvgIpc) is 3.33. The lowest BCUT2D eigenvalue weighted by Gasteiger charge is -2.46. The van der Waals surface area contributed by atoms with Crippen LogP contribution in [0.4, 0.5) is 0 Å². The molecule has 1 aliphatic carbocycles. The number of hydrogen-bond acceptors (Lipinski definition) is 6. The summed E-state index contributed by atoms with van der Waals surface area (Å²) < 4.78 is 4.60. The molecule has 0 radical (unpaired) electrons. The zero-order valence-electron chi connectivity index (χ0n) is 18.0. The van der Waals surface area contributed by atoms with Gasteiger partial charge in [0.05, 0.1) is 6.54 Å². The molecular formula is C23H29N5O3. The molecule has 2 N–H and O–H groups in total. The number of rotatable bonds is 5. The molecule has 0 unspecified atom stereocenters. The molecule has 5 atom stereocenters. The van der Waals surface area contributed by atoms with E-state index in [1.165, 1.54) is 5.56 Å². The topological polar surface area (TPSA) is 100 Å². The number of benzene rings is 1. The Morgan fingerprint density at radius 2 is 2.06 bits per heavy atom. The number of carbonyl (C=O) groups excluding carboxylic acids is 2. The number of hydrogen-bond donors (Lipinski definition) is 2. The van der Waals surface area contributed by atoms with Crippen molar-refractivity contribution in [2.24, 2.45) is 5.41 Å². The van der Waals surface area contributed by atoms with E-state index >= 15 is 0 Å². The summed E-state index contributed by atoms with van der Waals surface area (Å²) in [4.78, 5) is 27.9. The first-order valence-corrected chi connectivity index (χ1v) is 11.2. The number of nitrogens with zero attached hydrogens (tertiary/aromatic N) is 3. The molecule has 8 heteroatoms. The molecule has 2 bridgehead atoms. The van der Waals surface area contributed by atoms with Crippen molar-refractivity contribution < 1.29 is 14.2 Å². The lowest BCUT2D eigenvalue weighted by Crippen LogP contribution is -2.58. The molecule has 1 aromatic carbocycles. The average molecular weight is 424 g/mol. The van der Waals surface area contributed by atoms with Crippen LogP contribution >= 0.6 is 0 Å². The van der Waals surface area contributed by atoms with E-state index in [2.05, 4.69) is 61.7 Å². The van der Waals surface area contributed by atoms with Crippen LogP contribution in [0.3, 0.4) is 0 Å². The van der Waals surface area contributed by atoms with E-state index in [1.54, 1.807) is 6.92 Å². The molecular weight excluding hydrogens is 394 g/mol. The van der Waals surface area contributed by atoms with Gasteiger partial charge in [0.1, 0.15) is 5.69 Å². The van der Waals surface area contributed by atoms with Gasteiger partial charge in [-0.2, -0.15) is 0 Å². The fourth-order valence-corrected chi connectivity index (χ4v) is 6.09. The Hall–Kier alpha value is -2.74. The van der Waals surface area contributed by atoms with Crippen LogP contribution in [0.15, 0.2) is 35.0 Å². The second kappa shape index (κ2) is 7.75. The SMILES string of the molecule is Cc1nonc1C(=O)NCC(=O)N1[C@H]2CCC[C@H]3N[C@H](Cc4ccccc4)[C@@H]1C[C@@]23C. The van der Waals surface area contributed by atoms with Crippen molar-refractivity contribution in [3.63, 3.8) is 0 Å². The van der Waals surface area contributed by atoms with E-state index in [-0.39, 0.29) is 41.7 Å². The highest BCUT2D eigenvalue weighted by Gasteiger charge is 2.60. The maximum atomic E-state index is 13.4. The molecule has 0 spiro atoms. The summed E-state index contributed by atoms with van der Waals surface area (Å²) in [6.07, 6.45) is 5.20. The Labute approximate surface area is 181 Å². The maximum Gasteiger partial charge on any atom is 0.275 e. The Morgan fingerprint density at radius 3 is 2.81 bits per heavy atom. The summed E-state index contributed by atoms with van der Waals surface area (Å²) in [6.45, 7) is 3.94. The fourth-order valence-electron chi connectivity index (χ4n) is 6.09. The minimum absolute atomic E-state index is 0.0245. The van der Waals surface area contributed by atoms with Crippen molar-refractivity contribution >= 4 is 11.8 Å². The molecule has 2 saturated heterocycles. The van der Waals surface area contributed by atoms with Crippen LogP contribution in [0.25, 0.3) is 0 Å². The van der Waals surface area contributed by atoms with Crippen molar-refractivity contribution in [2.75, 3.05) is 6.54 Å². The lowest BCUT2D eigenvalue weighted by atomic mass is 9.65. The van der Waals surface area contributed by atoms with Crippen LogP contribution in [0.2, 0.25) is 0 Å². The summed E-state index contributed by atoms with van der Waals surface area (Å²) in [7, 11) is 0. The molecule has 3 fully saturated rings. The van der Waals surface area contributed by atoms with Crippen LogP contribution in [-0.2, 0) is 11.2 Å². The van der Waals surface area contributed by atoms with Gasteiger partial charge in [-0.15, -0.1) is 0 Å². The highest BCUT2D eigenvalue weighted by atomic mass is 16.6. The number of nitrogens with one attached hydrogen (secondary N) is 2. The Bertz CT molecular complexity index is 977. The highest BCUT2D eigenvalue weighted by Crippen LogP contribution is 2.53. The van der Waals surface area contributed by atoms with Crippen LogP contribution in [-0.4, -0.2) is 57.7 Å². The van der Waals surface area contributed by atoms with E-state index in [1.807, 2.05) is 6.07 Å². The third-order valence-corrected chi connectivity index (χ3v) is 7.60. The van der Waals surface area contributed by atoms with E-state index in [0.29, 0.717) is 11.7 Å². The van der Waals surface area contributed by atoms with Gasteiger partial charge in [0.15, 0.2) is 5.69 Å². The molecule has 2 aromatic rings. The van der Waals surface area contributed by atoms with Crippen molar-refractivity contribution in [1.82, 2.24) is 25.8 Å². The summed E-state index contributed by atoms with van der Waals surface area (Å²) in [5, 5.41) is 13.9. The fraction of sp³-hybridized carbons (Fsp3) is 0.565.